The SMILES string of the molecule is Cc1cc(C)n2nc(C(=O)NC(C)(CN)C3CC3)nc2n1. The average molecular weight is 288 g/mol. The summed E-state index contributed by atoms with van der Waals surface area (Å²) in [7, 11) is 0. The summed E-state index contributed by atoms with van der Waals surface area (Å²) in [5.74, 6) is 0.734. The van der Waals surface area contributed by atoms with Gasteiger partial charge in [-0.2, -0.15) is 4.98 Å². The molecule has 1 aliphatic carbocycles. The molecule has 1 aliphatic rings. The number of carbonyl (C=O) groups excluding carboxylic acids is 1. The van der Waals surface area contributed by atoms with Crippen molar-refractivity contribution in [2.75, 3.05) is 6.54 Å². The summed E-state index contributed by atoms with van der Waals surface area (Å²) in [5.41, 5.74) is 7.19. The number of carbonyl (C=O) groups is 1. The molecular formula is C14H20N6O. The van der Waals surface area contributed by atoms with E-state index in [4.69, 9.17) is 5.73 Å². The van der Waals surface area contributed by atoms with Crippen LogP contribution in [-0.4, -0.2) is 37.6 Å². The molecule has 3 N–H and O–H groups in total. The highest BCUT2D eigenvalue weighted by Gasteiger charge is 2.42. The molecule has 2 heterocycles. The first-order chi connectivity index (χ1) is 9.93. The highest BCUT2D eigenvalue weighted by Crippen LogP contribution is 2.39. The number of hydrogen-bond donors (Lipinski definition) is 2. The Bertz CT molecular complexity index is 705. The van der Waals surface area contributed by atoms with Crippen LogP contribution in [0.2, 0.25) is 0 Å². The topological polar surface area (TPSA) is 98.2 Å². The van der Waals surface area contributed by atoms with E-state index >= 15 is 0 Å². The Kier molecular flexibility index (Phi) is 3.16. The monoisotopic (exact) mass is 288 g/mol. The minimum absolute atomic E-state index is 0.136. The van der Waals surface area contributed by atoms with Crippen molar-refractivity contribution in [3.63, 3.8) is 0 Å². The van der Waals surface area contributed by atoms with E-state index in [1.54, 1.807) is 4.52 Å². The molecule has 0 bridgehead atoms. The number of aryl methyl sites for hydroxylation is 2. The molecule has 1 atom stereocenters. The average Bonchev–Trinajstić information content (AvgIpc) is 3.19. The third-order valence-corrected chi connectivity index (χ3v) is 4.12. The van der Waals surface area contributed by atoms with E-state index in [1.807, 2.05) is 26.8 Å². The Balaban J connectivity index is 1.89. The van der Waals surface area contributed by atoms with Gasteiger partial charge in [0.05, 0.1) is 5.54 Å². The fraction of sp³-hybridized carbons (Fsp3) is 0.571. The second-order valence-corrected chi connectivity index (χ2v) is 6.04. The summed E-state index contributed by atoms with van der Waals surface area (Å²) in [6.07, 6.45) is 2.21. The minimum atomic E-state index is -0.382. The van der Waals surface area contributed by atoms with Crippen LogP contribution < -0.4 is 11.1 Å². The number of aromatic nitrogens is 4. The number of nitrogens with zero attached hydrogens (tertiary/aromatic N) is 4. The lowest BCUT2D eigenvalue weighted by atomic mass is 9.96. The fourth-order valence-corrected chi connectivity index (χ4v) is 2.62. The van der Waals surface area contributed by atoms with Crippen molar-refractivity contribution in [3.8, 4) is 0 Å². The molecule has 0 aliphatic heterocycles. The van der Waals surface area contributed by atoms with E-state index in [1.165, 1.54) is 0 Å². The number of fused-ring (bicyclic) bond motifs is 1. The van der Waals surface area contributed by atoms with Crippen LogP contribution in [0.3, 0.4) is 0 Å². The summed E-state index contributed by atoms with van der Waals surface area (Å²) in [6.45, 7) is 6.19. The molecule has 0 saturated heterocycles. The fourth-order valence-electron chi connectivity index (χ4n) is 2.62. The van der Waals surface area contributed by atoms with Crippen molar-refractivity contribution in [3.05, 3.63) is 23.3 Å². The summed E-state index contributed by atoms with van der Waals surface area (Å²) in [5, 5.41) is 7.23. The molecule has 1 saturated carbocycles. The second-order valence-electron chi connectivity index (χ2n) is 6.04. The molecule has 7 nitrogen and oxygen atoms in total. The van der Waals surface area contributed by atoms with Gasteiger partial charge in [0.1, 0.15) is 0 Å². The molecule has 1 amide bonds. The zero-order chi connectivity index (χ0) is 15.2. The van der Waals surface area contributed by atoms with Gasteiger partial charge in [-0.25, -0.2) is 9.50 Å². The second kappa shape index (κ2) is 4.77. The standard InChI is InChI=1S/C14H20N6O/c1-8-6-9(2)20-13(16-8)17-11(19-20)12(21)18-14(3,7-15)10-4-5-10/h6,10H,4-5,7,15H2,1-3H3,(H,18,21). The first-order valence-electron chi connectivity index (χ1n) is 7.16. The van der Waals surface area contributed by atoms with Crippen molar-refractivity contribution >= 4 is 11.7 Å². The van der Waals surface area contributed by atoms with Crippen LogP contribution in [0.1, 0.15) is 41.8 Å². The first kappa shape index (κ1) is 13.9. The molecular weight excluding hydrogens is 268 g/mol. The highest BCUT2D eigenvalue weighted by molar-refractivity contribution is 5.91. The Morgan fingerprint density at radius 2 is 2.19 bits per heavy atom. The van der Waals surface area contributed by atoms with E-state index in [0.29, 0.717) is 18.2 Å². The number of rotatable bonds is 4. The molecule has 3 rings (SSSR count). The zero-order valence-electron chi connectivity index (χ0n) is 12.6. The third kappa shape index (κ3) is 2.49. The van der Waals surface area contributed by atoms with Gasteiger partial charge in [0.25, 0.3) is 11.7 Å². The highest BCUT2D eigenvalue weighted by atomic mass is 16.2. The summed E-state index contributed by atoms with van der Waals surface area (Å²) in [4.78, 5) is 20.9. The van der Waals surface area contributed by atoms with Crippen molar-refractivity contribution in [2.24, 2.45) is 11.7 Å². The van der Waals surface area contributed by atoms with Crippen molar-refractivity contribution in [2.45, 2.75) is 39.2 Å². The van der Waals surface area contributed by atoms with Crippen molar-refractivity contribution in [1.82, 2.24) is 24.9 Å². The van der Waals surface area contributed by atoms with E-state index in [0.717, 1.165) is 24.2 Å². The Labute approximate surface area is 123 Å². The molecule has 0 radical (unpaired) electrons. The van der Waals surface area contributed by atoms with E-state index in [9.17, 15) is 4.79 Å². The zero-order valence-corrected chi connectivity index (χ0v) is 12.6. The van der Waals surface area contributed by atoms with Crippen LogP contribution in [-0.2, 0) is 0 Å². The lowest BCUT2D eigenvalue weighted by Gasteiger charge is -2.28. The van der Waals surface area contributed by atoms with Crippen LogP contribution in [0.4, 0.5) is 0 Å². The van der Waals surface area contributed by atoms with E-state index in [-0.39, 0.29) is 17.3 Å². The maximum atomic E-state index is 12.4. The Hall–Kier alpha value is -2.02. The molecule has 7 heteroatoms. The van der Waals surface area contributed by atoms with Crippen LogP contribution in [0, 0.1) is 19.8 Å². The minimum Gasteiger partial charge on any atom is -0.343 e. The number of amides is 1. The summed E-state index contributed by atoms with van der Waals surface area (Å²) < 4.78 is 1.58. The molecule has 0 aromatic carbocycles. The molecule has 2 aromatic rings. The maximum Gasteiger partial charge on any atom is 0.291 e. The quantitative estimate of drug-likeness (QED) is 0.858. The summed E-state index contributed by atoms with van der Waals surface area (Å²) in [6, 6.07) is 1.90. The molecule has 0 spiro atoms. The molecule has 112 valence electrons. The predicted octanol–water partition coefficient (Wildman–Crippen LogP) is 0.598. The maximum absolute atomic E-state index is 12.4. The first-order valence-corrected chi connectivity index (χ1v) is 7.16. The lowest BCUT2D eigenvalue weighted by Crippen LogP contribution is -2.53. The normalized spacial score (nSPS) is 17.7. The van der Waals surface area contributed by atoms with Gasteiger partial charge in [-0.3, -0.25) is 4.79 Å². The third-order valence-electron chi connectivity index (χ3n) is 4.12. The smallest absolute Gasteiger partial charge is 0.291 e. The van der Waals surface area contributed by atoms with Gasteiger partial charge in [0, 0.05) is 17.9 Å². The van der Waals surface area contributed by atoms with Crippen molar-refractivity contribution in [1.29, 1.82) is 0 Å². The van der Waals surface area contributed by atoms with Gasteiger partial charge in [0.2, 0.25) is 5.82 Å². The van der Waals surface area contributed by atoms with Gasteiger partial charge in [-0.05, 0) is 45.6 Å². The van der Waals surface area contributed by atoms with Gasteiger partial charge < -0.3 is 11.1 Å². The van der Waals surface area contributed by atoms with Gasteiger partial charge >= 0.3 is 0 Å². The van der Waals surface area contributed by atoms with Crippen LogP contribution in [0.25, 0.3) is 5.78 Å². The number of nitrogens with one attached hydrogen (secondary N) is 1. The van der Waals surface area contributed by atoms with Crippen molar-refractivity contribution < 1.29 is 4.79 Å². The number of hydrogen-bond acceptors (Lipinski definition) is 5. The predicted molar refractivity (Wildman–Crippen MR) is 77.9 cm³/mol. The molecule has 1 unspecified atom stereocenters. The Morgan fingerprint density at radius 1 is 1.48 bits per heavy atom. The van der Waals surface area contributed by atoms with E-state index < -0.39 is 0 Å². The molecule has 1 fully saturated rings. The van der Waals surface area contributed by atoms with Gasteiger partial charge in [-0.15, -0.1) is 5.10 Å². The Morgan fingerprint density at radius 3 is 2.81 bits per heavy atom. The van der Waals surface area contributed by atoms with E-state index in [2.05, 4.69) is 20.4 Å². The lowest BCUT2D eigenvalue weighted by molar-refractivity contribution is 0.0887. The molecule has 21 heavy (non-hydrogen) atoms. The number of nitrogens with two attached hydrogens (primary N) is 1. The summed E-state index contributed by atoms with van der Waals surface area (Å²) >= 11 is 0. The molecule has 2 aromatic heterocycles. The van der Waals surface area contributed by atoms with Crippen LogP contribution in [0.15, 0.2) is 6.07 Å². The van der Waals surface area contributed by atoms with Gasteiger partial charge in [0.15, 0.2) is 0 Å². The van der Waals surface area contributed by atoms with Crippen LogP contribution >= 0.6 is 0 Å². The van der Waals surface area contributed by atoms with Crippen LogP contribution in [0.5, 0.6) is 0 Å². The largest absolute Gasteiger partial charge is 0.343 e. The van der Waals surface area contributed by atoms with Gasteiger partial charge in [-0.1, -0.05) is 0 Å².